The van der Waals surface area contributed by atoms with Crippen molar-refractivity contribution < 1.29 is 4.79 Å². The topological polar surface area (TPSA) is 51.1 Å². The predicted molar refractivity (Wildman–Crippen MR) is 149 cm³/mol. The molecule has 3 aliphatic rings. The normalized spacial score (nSPS) is 26.5. The summed E-state index contributed by atoms with van der Waals surface area (Å²) in [6.45, 7) is 8.83. The molecule has 5 atom stereocenters. The molecular formula is C30H34N2O2S2. The van der Waals surface area contributed by atoms with Gasteiger partial charge in [-0.3, -0.25) is 14.2 Å². The van der Waals surface area contributed by atoms with Gasteiger partial charge in [0.05, 0.1) is 5.03 Å². The number of hydrogen-bond donors (Lipinski definition) is 1. The molecule has 2 fully saturated rings. The zero-order valence-electron chi connectivity index (χ0n) is 21.4. The number of hydrogen-bond acceptors (Lipinski definition) is 4. The largest absolute Gasteiger partial charge is 0.325 e. The Morgan fingerprint density at radius 2 is 1.72 bits per heavy atom. The van der Waals surface area contributed by atoms with E-state index in [9.17, 15) is 9.59 Å². The second-order valence-electron chi connectivity index (χ2n) is 11.9. The number of nitrogens with zero attached hydrogens (tertiary/aromatic N) is 1. The molecular weight excluding hydrogens is 484 g/mol. The molecule has 2 aliphatic carbocycles. The van der Waals surface area contributed by atoms with E-state index in [1.165, 1.54) is 46.6 Å². The Morgan fingerprint density at radius 1 is 1.03 bits per heavy atom. The third-order valence-corrected chi connectivity index (χ3v) is 11.3. The van der Waals surface area contributed by atoms with E-state index in [0.29, 0.717) is 11.2 Å². The van der Waals surface area contributed by atoms with Gasteiger partial charge >= 0.3 is 4.87 Å². The minimum atomic E-state index is -0.150. The maximum absolute atomic E-state index is 13.3. The van der Waals surface area contributed by atoms with Gasteiger partial charge in [0.2, 0.25) is 5.91 Å². The molecule has 3 aromatic rings. The molecule has 2 heterocycles. The van der Waals surface area contributed by atoms with E-state index in [-0.39, 0.29) is 28.7 Å². The molecule has 1 aromatic heterocycles. The fourth-order valence-electron chi connectivity index (χ4n) is 6.63. The number of benzene rings is 2. The first-order valence-electron chi connectivity index (χ1n) is 13.1. The SMILES string of the molecule is Cc1ccc(NC(=O)Cn2c3c(sc2=O)[C@@H](c2ccc(C(C)(C)C)cc2)[C@@H]2[C@H]4CC[C@@H](C4)[C@H]2S3)cc1. The lowest BCUT2D eigenvalue weighted by Gasteiger charge is -2.40. The van der Waals surface area contributed by atoms with Crippen molar-refractivity contribution in [2.75, 3.05) is 5.32 Å². The van der Waals surface area contributed by atoms with Crippen molar-refractivity contribution in [1.82, 2.24) is 4.57 Å². The number of fused-ring (bicyclic) bond motifs is 6. The smallest absolute Gasteiger partial charge is 0.308 e. The van der Waals surface area contributed by atoms with E-state index in [2.05, 4.69) is 50.4 Å². The zero-order valence-corrected chi connectivity index (χ0v) is 23.0. The summed E-state index contributed by atoms with van der Waals surface area (Å²) in [4.78, 5) is 27.4. The quantitative estimate of drug-likeness (QED) is 0.413. The van der Waals surface area contributed by atoms with Gasteiger partial charge in [0.25, 0.3) is 0 Å². The second-order valence-corrected chi connectivity index (χ2v) is 14.0. The average Bonchev–Trinajstić information content (AvgIpc) is 3.53. The molecule has 1 aliphatic heterocycles. The molecule has 2 aromatic carbocycles. The molecule has 0 radical (unpaired) electrons. The van der Waals surface area contributed by atoms with Crippen LogP contribution >= 0.6 is 23.1 Å². The number of thioether (sulfide) groups is 1. The first-order chi connectivity index (χ1) is 17.2. The van der Waals surface area contributed by atoms with Gasteiger partial charge in [-0.2, -0.15) is 0 Å². The summed E-state index contributed by atoms with van der Waals surface area (Å²) in [6.07, 6.45) is 3.92. The van der Waals surface area contributed by atoms with Crippen molar-refractivity contribution in [3.05, 3.63) is 79.8 Å². The Bertz CT molecular complexity index is 1350. The van der Waals surface area contributed by atoms with Gasteiger partial charge in [-0.15, -0.1) is 11.8 Å². The average molecular weight is 519 g/mol. The highest BCUT2D eigenvalue weighted by Gasteiger charge is 2.55. The summed E-state index contributed by atoms with van der Waals surface area (Å²) in [6, 6.07) is 16.9. The van der Waals surface area contributed by atoms with E-state index >= 15 is 0 Å². The van der Waals surface area contributed by atoms with Crippen molar-refractivity contribution in [2.24, 2.45) is 17.8 Å². The number of anilines is 1. The standard InChI is InChI=1S/C30H34N2O2S2/c1-17-5-13-22(14-6-17)31-23(33)16-32-28-27(36-29(32)34)24(18-9-11-21(12-10-18)30(2,3)4)25-19-7-8-20(15-19)26(25)35-28/h5-6,9-14,19-20,24-26H,7-8,15-16H2,1-4H3,(H,31,33)/t19-,20-,24-,25-,26+/m0/s1. The third-order valence-electron chi connectivity index (χ3n) is 8.46. The second kappa shape index (κ2) is 8.91. The predicted octanol–water partition coefficient (Wildman–Crippen LogP) is 6.81. The lowest BCUT2D eigenvalue weighted by molar-refractivity contribution is -0.116. The van der Waals surface area contributed by atoms with Gasteiger partial charge in [-0.25, -0.2) is 0 Å². The number of aromatic nitrogens is 1. The number of rotatable bonds is 4. The van der Waals surface area contributed by atoms with Crippen LogP contribution in [0.4, 0.5) is 5.69 Å². The fourth-order valence-corrected chi connectivity index (χ4v) is 9.78. The van der Waals surface area contributed by atoms with Crippen LogP contribution in [0.5, 0.6) is 0 Å². The van der Waals surface area contributed by atoms with E-state index in [1.807, 2.05) is 43.0 Å². The number of carbonyl (C=O) groups is 1. The Hall–Kier alpha value is -2.31. The molecule has 6 heteroatoms. The molecule has 2 saturated carbocycles. The van der Waals surface area contributed by atoms with Crippen LogP contribution in [0, 0.1) is 24.7 Å². The molecule has 0 spiro atoms. The lowest BCUT2D eigenvalue weighted by Crippen LogP contribution is -2.35. The molecule has 0 saturated heterocycles. The van der Waals surface area contributed by atoms with E-state index in [4.69, 9.17) is 0 Å². The van der Waals surface area contributed by atoms with Gasteiger partial charge in [0, 0.05) is 21.7 Å². The van der Waals surface area contributed by atoms with Crippen LogP contribution in [-0.4, -0.2) is 15.7 Å². The lowest BCUT2D eigenvalue weighted by atomic mass is 9.74. The minimum Gasteiger partial charge on any atom is -0.325 e. The summed E-state index contributed by atoms with van der Waals surface area (Å²) in [5, 5.41) is 4.54. The third kappa shape index (κ3) is 4.16. The summed E-state index contributed by atoms with van der Waals surface area (Å²) >= 11 is 3.25. The molecule has 4 nitrogen and oxygen atoms in total. The van der Waals surface area contributed by atoms with Gasteiger partial charge in [-0.05, 0) is 72.6 Å². The van der Waals surface area contributed by atoms with Gasteiger partial charge in [0.1, 0.15) is 6.54 Å². The van der Waals surface area contributed by atoms with Crippen LogP contribution in [0.2, 0.25) is 0 Å². The Labute approximate surface area is 221 Å². The summed E-state index contributed by atoms with van der Waals surface area (Å²) in [5.74, 6) is 2.13. The van der Waals surface area contributed by atoms with Gasteiger partial charge in [0.15, 0.2) is 0 Å². The van der Waals surface area contributed by atoms with Crippen molar-refractivity contribution in [2.45, 2.75) is 75.1 Å². The highest BCUT2D eigenvalue weighted by Crippen LogP contribution is 2.64. The summed E-state index contributed by atoms with van der Waals surface area (Å²) < 4.78 is 1.74. The van der Waals surface area contributed by atoms with Crippen molar-refractivity contribution in [3.8, 4) is 0 Å². The number of nitrogens with one attached hydrogen (secondary N) is 1. The van der Waals surface area contributed by atoms with Crippen molar-refractivity contribution in [1.29, 1.82) is 0 Å². The van der Waals surface area contributed by atoms with Crippen LogP contribution in [0.25, 0.3) is 0 Å². The monoisotopic (exact) mass is 518 g/mol. The van der Waals surface area contributed by atoms with Crippen LogP contribution in [0.1, 0.15) is 67.5 Å². The van der Waals surface area contributed by atoms with Crippen molar-refractivity contribution >= 4 is 34.7 Å². The zero-order chi connectivity index (χ0) is 25.2. The van der Waals surface area contributed by atoms with E-state index in [1.54, 1.807) is 4.57 Å². The van der Waals surface area contributed by atoms with Gasteiger partial charge < -0.3 is 5.32 Å². The first kappa shape index (κ1) is 24.1. The number of aryl methyl sites for hydroxylation is 1. The Balaban J connectivity index is 1.35. The molecule has 2 bridgehead atoms. The maximum Gasteiger partial charge on any atom is 0.308 e. The number of amides is 1. The highest BCUT2D eigenvalue weighted by molar-refractivity contribution is 8.00. The molecule has 1 N–H and O–H groups in total. The number of carbonyl (C=O) groups excluding carboxylic acids is 1. The van der Waals surface area contributed by atoms with Crippen LogP contribution in [0.3, 0.4) is 0 Å². The van der Waals surface area contributed by atoms with Crippen LogP contribution in [0.15, 0.2) is 58.4 Å². The Morgan fingerprint density at radius 3 is 2.42 bits per heavy atom. The summed E-state index contributed by atoms with van der Waals surface area (Å²) in [5.41, 5.74) is 4.68. The number of thiazole rings is 1. The molecule has 188 valence electrons. The highest BCUT2D eigenvalue weighted by atomic mass is 32.2. The first-order valence-corrected chi connectivity index (χ1v) is 14.8. The Kier molecular flexibility index (Phi) is 5.95. The molecule has 0 unspecified atom stereocenters. The van der Waals surface area contributed by atoms with Crippen LogP contribution in [-0.2, 0) is 16.8 Å². The maximum atomic E-state index is 13.3. The van der Waals surface area contributed by atoms with Gasteiger partial charge in [-0.1, -0.05) is 74.1 Å². The van der Waals surface area contributed by atoms with E-state index in [0.717, 1.165) is 28.1 Å². The fraction of sp³-hybridized carbons (Fsp3) is 0.467. The van der Waals surface area contributed by atoms with Crippen molar-refractivity contribution in [3.63, 3.8) is 0 Å². The summed E-state index contributed by atoms with van der Waals surface area (Å²) in [7, 11) is 0. The molecule has 1 amide bonds. The van der Waals surface area contributed by atoms with Crippen LogP contribution < -0.4 is 10.2 Å². The molecule has 6 rings (SSSR count). The molecule has 36 heavy (non-hydrogen) atoms. The minimum absolute atomic E-state index is 0.0183. The van der Waals surface area contributed by atoms with E-state index < -0.39 is 0 Å².